The van der Waals surface area contributed by atoms with Gasteiger partial charge >= 0.3 is 0 Å². The molecular weight excluding hydrogens is 431 g/mol. The molecule has 0 N–H and O–H groups in total. The van der Waals surface area contributed by atoms with E-state index in [1.165, 1.54) is 17.1 Å². The first kappa shape index (κ1) is 22.0. The molecule has 2 aromatic carbocycles. The van der Waals surface area contributed by atoms with Crippen molar-refractivity contribution in [3.05, 3.63) is 58.2 Å². The molecule has 1 aromatic heterocycles. The van der Waals surface area contributed by atoms with Crippen molar-refractivity contribution in [3.63, 3.8) is 0 Å². The number of methoxy groups -OCH3 is 1. The van der Waals surface area contributed by atoms with Gasteiger partial charge in [-0.1, -0.05) is 23.2 Å². The van der Waals surface area contributed by atoms with E-state index in [1.54, 1.807) is 12.1 Å². The summed E-state index contributed by atoms with van der Waals surface area (Å²) in [7, 11) is -0.217. The largest absolute Gasteiger partial charge is 0.495 e. The van der Waals surface area contributed by atoms with Gasteiger partial charge in [-0.05, 0) is 69.3 Å². The fourth-order valence-electron chi connectivity index (χ4n) is 3.97. The number of ether oxygens (including phenoxy) is 1. The molecular formula is C21H24Cl2N2O3S. The SMILES string of the molecule is COc1ccc(S(=O)(=O)n2c3c(c4cc(C)ccc42)CN(C)CCC3)cc1Cl.Cl. The molecule has 0 radical (unpaired) electrons. The molecule has 0 fully saturated rings. The van der Waals surface area contributed by atoms with Gasteiger partial charge in [-0.25, -0.2) is 12.4 Å². The van der Waals surface area contributed by atoms with Gasteiger partial charge in [-0.15, -0.1) is 12.4 Å². The number of hydrogen-bond acceptors (Lipinski definition) is 4. The van der Waals surface area contributed by atoms with Crippen molar-refractivity contribution in [1.82, 2.24) is 8.87 Å². The fraction of sp³-hybridized carbons (Fsp3) is 0.333. The molecule has 0 aliphatic carbocycles. The molecule has 3 aromatic rings. The van der Waals surface area contributed by atoms with Crippen LogP contribution < -0.4 is 4.74 Å². The number of halogens is 2. The van der Waals surface area contributed by atoms with E-state index < -0.39 is 10.0 Å². The van der Waals surface area contributed by atoms with Crippen LogP contribution in [-0.2, 0) is 23.0 Å². The Kier molecular flexibility index (Phi) is 6.20. The number of fused-ring (bicyclic) bond motifs is 3. The molecule has 5 nitrogen and oxygen atoms in total. The van der Waals surface area contributed by atoms with Crippen LogP contribution in [0.15, 0.2) is 41.3 Å². The average molecular weight is 455 g/mol. The minimum Gasteiger partial charge on any atom is -0.495 e. The molecule has 0 saturated heterocycles. The maximum absolute atomic E-state index is 13.7. The summed E-state index contributed by atoms with van der Waals surface area (Å²) in [5, 5.41) is 1.29. The van der Waals surface area contributed by atoms with Crippen LogP contribution in [0.2, 0.25) is 5.02 Å². The van der Waals surface area contributed by atoms with Crippen LogP contribution in [0.1, 0.15) is 23.2 Å². The van der Waals surface area contributed by atoms with Gasteiger partial charge < -0.3 is 9.64 Å². The summed E-state index contributed by atoms with van der Waals surface area (Å²) < 4.78 is 34.0. The zero-order chi connectivity index (χ0) is 20.1. The van der Waals surface area contributed by atoms with Gasteiger partial charge in [0.2, 0.25) is 0 Å². The van der Waals surface area contributed by atoms with Crippen LogP contribution in [0.25, 0.3) is 10.9 Å². The van der Waals surface area contributed by atoms with Crippen LogP contribution in [0, 0.1) is 6.92 Å². The highest BCUT2D eigenvalue weighted by Gasteiger charge is 2.29. The highest BCUT2D eigenvalue weighted by Crippen LogP contribution is 2.35. The molecule has 0 amide bonds. The van der Waals surface area contributed by atoms with Crippen LogP contribution in [-0.4, -0.2) is 38.0 Å². The molecule has 0 unspecified atom stereocenters. The Morgan fingerprint density at radius 1 is 1.14 bits per heavy atom. The second-order valence-corrected chi connectivity index (χ2v) is 9.55. The molecule has 156 valence electrons. The number of rotatable bonds is 3. The first-order valence-electron chi connectivity index (χ1n) is 9.23. The topological polar surface area (TPSA) is 51.5 Å². The Bertz CT molecular complexity index is 1170. The van der Waals surface area contributed by atoms with E-state index in [4.69, 9.17) is 16.3 Å². The first-order valence-corrected chi connectivity index (χ1v) is 11.0. The zero-order valence-electron chi connectivity index (χ0n) is 16.6. The number of nitrogens with zero attached hydrogens (tertiary/aromatic N) is 2. The third kappa shape index (κ3) is 3.75. The van der Waals surface area contributed by atoms with Crippen LogP contribution >= 0.6 is 24.0 Å². The van der Waals surface area contributed by atoms with Crippen LogP contribution in [0.3, 0.4) is 0 Å². The molecule has 0 atom stereocenters. The van der Waals surface area contributed by atoms with E-state index in [2.05, 4.69) is 18.0 Å². The van der Waals surface area contributed by atoms with Crippen LogP contribution in [0.4, 0.5) is 0 Å². The summed E-state index contributed by atoms with van der Waals surface area (Å²) in [5.41, 5.74) is 3.81. The van der Waals surface area contributed by atoms with E-state index in [1.807, 2.05) is 19.1 Å². The summed E-state index contributed by atoms with van der Waals surface area (Å²) >= 11 is 6.22. The standard InChI is InChI=1S/C21H23ClN2O3S.ClH/c1-14-6-8-20-16(11-14)17-13-23(2)10-4-5-19(17)24(20)28(25,26)15-7-9-21(27-3)18(22)12-15;/h6-9,11-12H,4-5,10,13H2,1-3H3;1H. The molecule has 2 heterocycles. The third-order valence-electron chi connectivity index (χ3n) is 5.33. The van der Waals surface area contributed by atoms with Crippen molar-refractivity contribution in [1.29, 1.82) is 0 Å². The monoisotopic (exact) mass is 454 g/mol. The van der Waals surface area contributed by atoms with E-state index in [0.717, 1.165) is 53.7 Å². The zero-order valence-corrected chi connectivity index (χ0v) is 19.0. The van der Waals surface area contributed by atoms with Gasteiger partial charge in [-0.2, -0.15) is 0 Å². The summed E-state index contributed by atoms with van der Waals surface area (Å²) in [6.45, 7) is 3.71. The van der Waals surface area contributed by atoms with Gasteiger partial charge in [0.15, 0.2) is 0 Å². The molecule has 1 aliphatic rings. The number of benzene rings is 2. The summed E-state index contributed by atoms with van der Waals surface area (Å²) in [4.78, 5) is 2.41. The molecule has 1 aliphatic heterocycles. The molecule has 0 saturated carbocycles. The van der Waals surface area contributed by atoms with Crippen molar-refractivity contribution in [2.24, 2.45) is 0 Å². The Labute approximate surface area is 182 Å². The second-order valence-electron chi connectivity index (χ2n) is 7.35. The van der Waals surface area contributed by atoms with Gasteiger partial charge in [0, 0.05) is 17.6 Å². The second kappa shape index (κ2) is 8.19. The first-order chi connectivity index (χ1) is 13.3. The minimum atomic E-state index is -3.80. The van der Waals surface area contributed by atoms with Gasteiger partial charge in [-0.3, -0.25) is 0 Å². The van der Waals surface area contributed by atoms with Crippen molar-refractivity contribution in [3.8, 4) is 5.75 Å². The normalized spacial score (nSPS) is 14.9. The van der Waals surface area contributed by atoms with Gasteiger partial charge in [0.25, 0.3) is 10.0 Å². The van der Waals surface area contributed by atoms with E-state index in [0.29, 0.717) is 5.75 Å². The summed E-state index contributed by atoms with van der Waals surface area (Å²) in [5.74, 6) is 0.453. The Morgan fingerprint density at radius 2 is 1.90 bits per heavy atom. The lowest BCUT2D eigenvalue weighted by Gasteiger charge is -2.13. The highest BCUT2D eigenvalue weighted by atomic mass is 35.5. The van der Waals surface area contributed by atoms with Crippen molar-refractivity contribution >= 4 is 44.9 Å². The maximum atomic E-state index is 13.7. The third-order valence-corrected chi connectivity index (χ3v) is 7.38. The quantitative estimate of drug-likeness (QED) is 0.577. The van der Waals surface area contributed by atoms with Crippen LogP contribution in [0.5, 0.6) is 5.75 Å². The van der Waals surface area contributed by atoms with Gasteiger partial charge in [0.1, 0.15) is 5.75 Å². The van der Waals surface area contributed by atoms with Crippen molar-refractivity contribution < 1.29 is 13.2 Å². The predicted molar refractivity (Wildman–Crippen MR) is 119 cm³/mol. The Balaban J connectivity index is 0.00000240. The predicted octanol–water partition coefficient (Wildman–Crippen LogP) is 4.65. The van der Waals surface area contributed by atoms with E-state index >= 15 is 0 Å². The van der Waals surface area contributed by atoms with Gasteiger partial charge in [0.05, 0.1) is 22.5 Å². The molecule has 8 heteroatoms. The lowest BCUT2D eigenvalue weighted by atomic mass is 10.1. The number of hydrogen-bond donors (Lipinski definition) is 0. The Morgan fingerprint density at radius 3 is 2.59 bits per heavy atom. The summed E-state index contributed by atoms with van der Waals surface area (Å²) in [6, 6.07) is 10.6. The lowest BCUT2D eigenvalue weighted by molar-refractivity contribution is 0.333. The van der Waals surface area contributed by atoms with E-state index in [-0.39, 0.29) is 22.3 Å². The smallest absolute Gasteiger partial charge is 0.268 e. The Hall–Kier alpha value is -1.73. The maximum Gasteiger partial charge on any atom is 0.268 e. The molecule has 0 bridgehead atoms. The minimum absolute atomic E-state index is 0. The van der Waals surface area contributed by atoms with E-state index in [9.17, 15) is 8.42 Å². The lowest BCUT2D eigenvalue weighted by Crippen LogP contribution is -2.17. The number of aryl methyl sites for hydroxylation is 1. The molecule has 4 rings (SSSR count). The van der Waals surface area contributed by atoms with Crippen molar-refractivity contribution in [2.45, 2.75) is 31.2 Å². The molecule has 0 spiro atoms. The fourth-order valence-corrected chi connectivity index (χ4v) is 5.92. The number of aromatic nitrogens is 1. The van der Waals surface area contributed by atoms with Crippen molar-refractivity contribution in [2.75, 3.05) is 20.7 Å². The molecule has 29 heavy (non-hydrogen) atoms. The summed E-state index contributed by atoms with van der Waals surface area (Å²) in [6.07, 6.45) is 1.63. The highest BCUT2D eigenvalue weighted by molar-refractivity contribution is 7.90. The average Bonchev–Trinajstić information content (AvgIpc) is 2.82.